The zero-order valence-corrected chi connectivity index (χ0v) is 18.0. The number of rotatable bonds is 6. The van der Waals surface area contributed by atoms with Crippen LogP contribution in [0.3, 0.4) is 0 Å². The first-order chi connectivity index (χ1) is 14.6. The summed E-state index contributed by atoms with van der Waals surface area (Å²) in [6, 6.07) is 16.7. The maximum atomic E-state index is 13.2. The molecule has 0 bridgehead atoms. The Morgan fingerprint density at radius 1 is 1.17 bits per heavy atom. The van der Waals surface area contributed by atoms with Crippen LogP contribution in [-0.4, -0.2) is 28.3 Å². The van der Waals surface area contributed by atoms with Gasteiger partial charge in [0.15, 0.2) is 5.16 Å². The predicted octanol–water partition coefficient (Wildman–Crippen LogP) is 4.50. The van der Waals surface area contributed by atoms with Gasteiger partial charge in [0.2, 0.25) is 5.91 Å². The molecule has 0 unspecified atom stereocenters. The van der Waals surface area contributed by atoms with Crippen molar-refractivity contribution in [2.24, 2.45) is 0 Å². The molecule has 4 aromatic rings. The van der Waals surface area contributed by atoms with Crippen molar-refractivity contribution in [1.29, 1.82) is 0 Å². The summed E-state index contributed by atoms with van der Waals surface area (Å²) in [5.41, 5.74) is 2.79. The molecule has 0 spiro atoms. The van der Waals surface area contributed by atoms with Crippen LogP contribution >= 0.6 is 23.1 Å². The lowest BCUT2D eigenvalue weighted by atomic mass is 10.2. The number of carbonyl (C=O) groups excluding carboxylic acids is 1. The van der Waals surface area contributed by atoms with Crippen molar-refractivity contribution in [2.75, 3.05) is 18.2 Å². The van der Waals surface area contributed by atoms with Crippen molar-refractivity contribution in [3.05, 3.63) is 75.9 Å². The molecule has 4 rings (SSSR count). The lowest BCUT2D eigenvalue weighted by Crippen LogP contribution is -2.22. The Kier molecular flexibility index (Phi) is 5.87. The molecular formula is C22H19N3O3S2. The summed E-state index contributed by atoms with van der Waals surface area (Å²) in [6.07, 6.45) is 0. The number of hydrogen-bond acceptors (Lipinski definition) is 6. The molecule has 8 heteroatoms. The number of benzene rings is 2. The van der Waals surface area contributed by atoms with E-state index < -0.39 is 0 Å². The molecule has 0 atom stereocenters. The number of anilines is 1. The molecule has 0 aliphatic carbocycles. The number of aromatic nitrogens is 2. The number of amides is 1. The Hall–Kier alpha value is -3.10. The number of thiophene rings is 1. The number of methoxy groups -OCH3 is 1. The van der Waals surface area contributed by atoms with Gasteiger partial charge >= 0.3 is 0 Å². The lowest BCUT2D eigenvalue weighted by Gasteiger charge is -2.15. The van der Waals surface area contributed by atoms with E-state index in [1.807, 2.05) is 54.8 Å². The topological polar surface area (TPSA) is 73.2 Å². The number of hydrogen-bond donors (Lipinski definition) is 1. The fourth-order valence-electron chi connectivity index (χ4n) is 3.05. The Morgan fingerprint density at radius 3 is 2.73 bits per heavy atom. The maximum Gasteiger partial charge on any atom is 0.276 e. The van der Waals surface area contributed by atoms with E-state index >= 15 is 0 Å². The van der Waals surface area contributed by atoms with Crippen LogP contribution in [0.25, 0.3) is 15.9 Å². The Labute approximate surface area is 181 Å². The van der Waals surface area contributed by atoms with E-state index in [2.05, 4.69) is 10.3 Å². The highest BCUT2D eigenvalue weighted by Crippen LogP contribution is 2.28. The first-order valence-corrected chi connectivity index (χ1v) is 11.1. The number of para-hydroxylation sites is 3. The van der Waals surface area contributed by atoms with E-state index in [4.69, 9.17) is 4.74 Å². The number of fused-ring (bicyclic) bond motifs is 1. The van der Waals surface area contributed by atoms with Crippen LogP contribution in [0.4, 0.5) is 5.69 Å². The first-order valence-electron chi connectivity index (χ1n) is 9.20. The Bertz CT molecular complexity index is 1280. The van der Waals surface area contributed by atoms with Gasteiger partial charge in [0.05, 0.1) is 24.1 Å². The van der Waals surface area contributed by atoms with Gasteiger partial charge in [-0.05, 0) is 42.1 Å². The van der Waals surface area contributed by atoms with Gasteiger partial charge < -0.3 is 10.1 Å². The van der Waals surface area contributed by atoms with Gasteiger partial charge in [0.25, 0.3) is 5.56 Å². The van der Waals surface area contributed by atoms with Gasteiger partial charge in [-0.3, -0.25) is 14.2 Å². The van der Waals surface area contributed by atoms with Crippen LogP contribution in [0.2, 0.25) is 0 Å². The fraction of sp³-hybridized carbons (Fsp3) is 0.136. The minimum atomic E-state index is -0.179. The predicted molar refractivity (Wildman–Crippen MR) is 122 cm³/mol. The SMILES string of the molecule is COc1ccccc1-n1c(SCC(=O)Nc2ccccc2C)nc2ccsc2c1=O. The molecule has 0 saturated carbocycles. The first kappa shape index (κ1) is 20.2. The summed E-state index contributed by atoms with van der Waals surface area (Å²) >= 11 is 2.56. The zero-order chi connectivity index (χ0) is 21.1. The Morgan fingerprint density at radius 2 is 1.93 bits per heavy atom. The van der Waals surface area contributed by atoms with E-state index in [-0.39, 0.29) is 17.2 Å². The van der Waals surface area contributed by atoms with Crippen molar-refractivity contribution in [3.63, 3.8) is 0 Å². The second-order valence-corrected chi connectivity index (χ2v) is 8.35. The smallest absolute Gasteiger partial charge is 0.276 e. The fourth-order valence-corrected chi connectivity index (χ4v) is 4.61. The number of nitrogens with zero attached hydrogens (tertiary/aromatic N) is 2. The van der Waals surface area contributed by atoms with E-state index in [0.29, 0.717) is 26.8 Å². The molecular weight excluding hydrogens is 418 g/mol. The summed E-state index contributed by atoms with van der Waals surface area (Å²) in [7, 11) is 1.56. The highest BCUT2D eigenvalue weighted by atomic mass is 32.2. The van der Waals surface area contributed by atoms with Crippen LogP contribution in [-0.2, 0) is 4.79 Å². The van der Waals surface area contributed by atoms with Crippen LogP contribution in [0.15, 0.2) is 69.9 Å². The van der Waals surface area contributed by atoms with Crippen molar-refractivity contribution >= 4 is 44.9 Å². The van der Waals surface area contributed by atoms with E-state index in [9.17, 15) is 9.59 Å². The minimum Gasteiger partial charge on any atom is -0.495 e. The van der Waals surface area contributed by atoms with Crippen LogP contribution in [0, 0.1) is 6.92 Å². The van der Waals surface area contributed by atoms with Gasteiger partial charge in [0, 0.05) is 5.69 Å². The summed E-state index contributed by atoms with van der Waals surface area (Å²) in [6.45, 7) is 1.94. The van der Waals surface area contributed by atoms with Crippen molar-refractivity contribution in [2.45, 2.75) is 12.1 Å². The monoisotopic (exact) mass is 437 g/mol. The van der Waals surface area contributed by atoms with E-state index in [1.54, 1.807) is 19.2 Å². The molecule has 30 heavy (non-hydrogen) atoms. The third-order valence-electron chi connectivity index (χ3n) is 4.53. The molecule has 2 aromatic carbocycles. The average molecular weight is 438 g/mol. The van der Waals surface area contributed by atoms with Gasteiger partial charge in [-0.1, -0.05) is 42.1 Å². The molecule has 2 aromatic heterocycles. The molecule has 2 heterocycles. The number of carbonyl (C=O) groups is 1. The second-order valence-electron chi connectivity index (χ2n) is 6.49. The summed E-state index contributed by atoms with van der Waals surface area (Å²) < 4.78 is 7.53. The number of aryl methyl sites for hydroxylation is 1. The van der Waals surface area contributed by atoms with E-state index in [0.717, 1.165) is 11.3 Å². The van der Waals surface area contributed by atoms with Gasteiger partial charge in [-0.15, -0.1) is 11.3 Å². The number of nitrogens with one attached hydrogen (secondary N) is 1. The van der Waals surface area contributed by atoms with Gasteiger partial charge in [0.1, 0.15) is 10.4 Å². The highest BCUT2D eigenvalue weighted by Gasteiger charge is 2.18. The summed E-state index contributed by atoms with van der Waals surface area (Å²) in [5, 5.41) is 5.19. The quantitative estimate of drug-likeness (QED) is 0.355. The van der Waals surface area contributed by atoms with Crippen LogP contribution < -0.4 is 15.6 Å². The Balaban J connectivity index is 1.69. The van der Waals surface area contributed by atoms with Crippen molar-refractivity contribution in [3.8, 4) is 11.4 Å². The minimum absolute atomic E-state index is 0.117. The third kappa shape index (κ3) is 3.96. The molecule has 0 fully saturated rings. The van der Waals surface area contributed by atoms with Crippen molar-refractivity contribution < 1.29 is 9.53 Å². The average Bonchev–Trinajstić information content (AvgIpc) is 3.23. The molecule has 0 saturated heterocycles. The van der Waals surface area contributed by atoms with Crippen LogP contribution in [0.5, 0.6) is 5.75 Å². The zero-order valence-electron chi connectivity index (χ0n) is 16.4. The number of ether oxygens (including phenoxy) is 1. The molecule has 6 nitrogen and oxygen atoms in total. The molecule has 1 amide bonds. The summed E-state index contributed by atoms with van der Waals surface area (Å²) in [5.74, 6) is 0.509. The van der Waals surface area contributed by atoms with Gasteiger partial charge in [-0.25, -0.2) is 4.98 Å². The molecule has 0 aliphatic rings. The lowest BCUT2D eigenvalue weighted by molar-refractivity contribution is -0.113. The molecule has 0 aliphatic heterocycles. The maximum absolute atomic E-state index is 13.2. The van der Waals surface area contributed by atoms with Crippen LogP contribution in [0.1, 0.15) is 5.56 Å². The standard InChI is InChI=1S/C22H19N3O3S2/c1-14-7-3-4-8-15(14)23-19(26)13-30-22-24-16-11-12-29-20(16)21(27)25(22)17-9-5-6-10-18(17)28-2/h3-12H,13H2,1-2H3,(H,23,26). The normalized spacial score (nSPS) is 10.9. The largest absolute Gasteiger partial charge is 0.495 e. The highest BCUT2D eigenvalue weighted by molar-refractivity contribution is 7.99. The van der Waals surface area contributed by atoms with E-state index in [1.165, 1.54) is 27.7 Å². The van der Waals surface area contributed by atoms with Gasteiger partial charge in [-0.2, -0.15) is 0 Å². The molecule has 0 radical (unpaired) electrons. The molecule has 152 valence electrons. The number of thioether (sulfide) groups is 1. The molecule has 1 N–H and O–H groups in total. The van der Waals surface area contributed by atoms with Crippen molar-refractivity contribution in [1.82, 2.24) is 9.55 Å². The summed E-state index contributed by atoms with van der Waals surface area (Å²) in [4.78, 5) is 30.4. The second kappa shape index (κ2) is 8.73. The third-order valence-corrected chi connectivity index (χ3v) is 6.36.